The molecule has 5 rings (SSSR count). The zero-order valence-electron chi connectivity index (χ0n) is 21.9. The second-order valence-corrected chi connectivity index (χ2v) is 11.6. The highest BCUT2D eigenvalue weighted by Crippen LogP contribution is 2.66. The number of nitrogens with one attached hydrogen (secondary N) is 1. The van der Waals surface area contributed by atoms with Crippen molar-refractivity contribution >= 4 is 13.0 Å². The SMILES string of the molecule is CC1(C)[C@H]2C[C@@H]3OB([C@@H](CNC(=O)[C@H](N)CCCCN)Cc4ccc(OC(F)(F)F)cc4)O[C@]3(C)[C@@H]1C2. The van der Waals surface area contributed by atoms with Gasteiger partial charge in [-0.05, 0) is 80.5 Å². The van der Waals surface area contributed by atoms with Gasteiger partial charge >= 0.3 is 13.5 Å². The van der Waals surface area contributed by atoms with Gasteiger partial charge < -0.3 is 30.8 Å². The van der Waals surface area contributed by atoms with Crippen molar-refractivity contribution < 1.29 is 32.0 Å². The molecule has 5 N–H and O–H groups in total. The third-order valence-electron chi connectivity index (χ3n) is 8.85. The molecule has 206 valence electrons. The second-order valence-electron chi connectivity index (χ2n) is 11.6. The number of carbonyl (C=O) groups excluding carboxylic acids is 1. The first-order valence-corrected chi connectivity index (χ1v) is 13.2. The first kappa shape index (κ1) is 28.2. The molecule has 4 aliphatic rings. The molecular formula is C26H39BF3N3O4. The van der Waals surface area contributed by atoms with E-state index in [0.29, 0.717) is 31.2 Å². The largest absolute Gasteiger partial charge is 0.573 e. The summed E-state index contributed by atoms with van der Waals surface area (Å²) in [6.07, 6.45) is -0.144. The minimum atomic E-state index is -4.75. The summed E-state index contributed by atoms with van der Waals surface area (Å²) in [6.45, 7) is 7.54. The van der Waals surface area contributed by atoms with Crippen molar-refractivity contribution in [2.24, 2.45) is 28.7 Å². The lowest BCUT2D eigenvalue weighted by Gasteiger charge is -2.64. The molecule has 7 nitrogen and oxygen atoms in total. The number of nitrogens with two attached hydrogens (primary N) is 2. The molecule has 11 heteroatoms. The Kier molecular flexibility index (Phi) is 8.19. The number of carbonyl (C=O) groups is 1. The van der Waals surface area contributed by atoms with Crippen LogP contribution in [-0.4, -0.2) is 50.2 Å². The quantitative estimate of drug-likeness (QED) is 0.300. The monoisotopic (exact) mass is 525 g/mol. The Balaban J connectivity index is 1.45. The molecule has 37 heavy (non-hydrogen) atoms. The number of benzene rings is 1. The Bertz CT molecular complexity index is 948. The molecule has 0 radical (unpaired) electrons. The highest BCUT2D eigenvalue weighted by molar-refractivity contribution is 6.47. The van der Waals surface area contributed by atoms with Crippen molar-refractivity contribution in [2.45, 2.75) is 89.2 Å². The number of halogens is 3. The summed E-state index contributed by atoms with van der Waals surface area (Å²) in [7, 11) is -0.551. The Hall–Kier alpha value is -1.82. The minimum absolute atomic E-state index is 0.0199. The number of amides is 1. The van der Waals surface area contributed by atoms with Crippen LogP contribution >= 0.6 is 0 Å². The molecule has 3 saturated carbocycles. The molecule has 0 spiro atoms. The number of rotatable bonds is 11. The van der Waals surface area contributed by atoms with E-state index in [0.717, 1.165) is 31.2 Å². The van der Waals surface area contributed by atoms with Gasteiger partial charge in [-0.25, -0.2) is 0 Å². The van der Waals surface area contributed by atoms with Gasteiger partial charge in [-0.2, -0.15) is 0 Å². The fourth-order valence-corrected chi connectivity index (χ4v) is 6.50. The van der Waals surface area contributed by atoms with Crippen molar-refractivity contribution in [1.29, 1.82) is 0 Å². The van der Waals surface area contributed by atoms with Crippen LogP contribution in [0.25, 0.3) is 0 Å². The third kappa shape index (κ3) is 6.10. The average Bonchev–Trinajstić information content (AvgIpc) is 3.18. The van der Waals surface area contributed by atoms with E-state index >= 15 is 0 Å². The first-order valence-electron chi connectivity index (χ1n) is 13.2. The van der Waals surface area contributed by atoms with E-state index in [4.69, 9.17) is 20.8 Å². The lowest BCUT2D eigenvalue weighted by Crippen LogP contribution is -2.65. The molecule has 1 amide bonds. The number of hydrogen-bond acceptors (Lipinski definition) is 6. The second kappa shape index (κ2) is 10.7. The Morgan fingerprint density at radius 1 is 1.22 bits per heavy atom. The molecule has 6 atom stereocenters. The van der Waals surface area contributed by atoms with Gasteiger partial charge in [-0.1, -0.05) is 32.4 Å². The van der Waals surface area contributed by atoms with Crippen molar-refractivity contribution in [2.75, 3.05) is 13.1 Å². The van der Waals surface area contributed by atoms with Gasteiger partial charge in [0.1, 0.15) is 5.75 Å². The zero-order chi connectivity index (χ0) is 27.0. The van der Waals surface area contributed by atoms with Gasteiger partial charge in [-0.3, -0.25) is 4.79 Å². The summed E-state index contributed by atoms with van der Waals surface area (Å²) in [5, 5.41) is 2.95. The topological polar surface area (TPSA) is 109 Å². The predicted molar refractivity (Wildman–Crippen MR) is 135 cm³/mol. The molecule has 1 aromatic rings. The Labute approximate surface area is 217 Å². The summed E-state index contributed by atoms with van der Waals surface area (Å²) >= 11 is 0. The zero-order valence-corrected chi connectivity index (χ0v) is 21.9. The van der Waals surface area contributed by atoms with Crippen molar-refractivity contribution in [3.8, 4) is 5.75 Å². The number of hydrogen-bond donors (Lipinski definition) is 3. The van der Waals surface area contributed by atoms with Crippen LogP contribution in [0.15, 0.2) is 24.3 Å². The van der Waals surface area contributed by atoms with Gasteiger partial charge in [0.15, 0.2) is 0 Å². The van der Waals surface area contributed by atoms with Gasteiger partial charge in [0.25, 0.3) is 0 Å². The van der Waals surface area contributed by atoms with E-state index in [9.17, 15) is 18.0 Å². The van der Waals surface area contributed by atoms with Crippen LogP contribution in [0.2, 0.25) is 5.82 Å². The highest BCUT2D eigenvalue weighted by Gasteiger charge is 2.68. The fraction of sp³-hybridized carbons (Fsp3) is 0.731. The van der Waals surface area contributed by atoms with Crippen LogP contribution in [0.5, 0.6) is 5.75 Å². The summed E-state index contributed by atoms with van der Waals surface area (Å²) in [4.78, 5) is 12.7. The van der Waals surface area contributed by atoms with E-state index in [-0.39, 0.29) is 35.5 Å². The molecule has 2 bridgehead atoms. The summed E-state index contributed by atoms with van der Waals surface area (Å²) < 4.78 is 54.8. The summed E-state index contributed by atoms with van der Waals surface area (Å²) in [5.41, 5.74) is 12.2. The minimum Gasteiger partial charge on any atom is -0.406 e. The van der Waals surface area contributed by atoms with Crippen LogP contribution < -0.4 is 21.5 Å². The van der Waals surface area contributed by atoms with E-state index in [1.54, 1.807) is 12.1 Å². The molecule has 0 unspecified atom stereocenters. The molecular weight excluding hydrogens is 486 g/mol. The molecule has 0 aromatic heterocycles. The number of alkyl halides is 3. The summed E-state index contributed by atoms with van der Waals surface area (Å²) in [6, 6.07) is 5.14. The van der Waals surface area contributed by atoms with E-state index in [2.05, 4.69) is 30.8 Å². The number of ether oxygens (including phenoxy) is 1. The average molecular weight is 525 g/mol. The lowest BCUT2D eigenvalue weighted by molar-refractivity contribution is -0.274. The van der Waals surface area contributed by atoms with E-state index in [1.165, 1.54) is 12.1 Å². The lowest BCUT2D eigenvalue weighted by atomic mass is 9.43. The third-order valence-corrected chi connectivity index (χ3v) is 8.85. The van der Waals surface area contributed by atoms with Crippen LogP contribution in [0.4, 0.5) is 13.2 Å². The van der Waals surface area contributed by atoms with Gasteiger partial charge in [0.05, 0.1) is 17.7 Å². The molecule has 4 fully saturated rings. The standard InChI is InChI=1S/C26H39BF3N3O4/c1-24(2)17-13-21(24)25(3)22(14-17)36-27(37-25)18(15-33-23(34)20(32)6-4-5-11-31)12-16-7-9-19(10-8-16)35-26(28,29)30/h7-10,17-18,20-22H,4-6,11-15,31-32H2,1-3H3,(H,33,34)/t17-,18-,20-,21-,22+,25-/m1/s1. The normalized spacial score (nSPS) is 29.7. The van der Waals surface area contributed by atoms with Crippen molar-refractivity contribution in [3.63, 3.8) is 0 Å². The fourth-order valence-electron chi connectivity index (χ4n) is 6.50. The summed E-state index contributed by atoms with van der Waals surface area (Å²) in [5.74, 6) is 0.208. The maximum Gasteiger partial charge on any atom is 0.573 e. The highest BCUT2D eigenvalue weighted by atomic mass is 19.4. The van der Waals surface area contributed by atoms with E-state index in [1.807, 2.05) is 0 Å². The maximum atomic E-state index is 12.7. The smallest absolute Gasteiger partial charge is 0.406 e. The van der Waals surface area contributed by atoms with Crippen LogP contribution in [0.3, 0.4) is 0 Å². The van der Waals surface area contributed by atoms with Crippen molar-refractivity contribution in [3.05, 3.63) is 29.8 Å². The molecule has 1 aromatic carbocycles. The van der Waals surface area contributed by atoms with Gasteiger partial charge in [0.2, 0.25) is 5.91 Å². The first-order chi connectivity index (χ1) is 17.3. The van der Waals surface area contributed by atoms with Crippen LogP contribution in [0.1, 0.15) is 58.4 Å². The van der Waals surface area contributed by atoms with Crippen LogP contribution in [0, 0.1) is 17.3 Å². The molecule has 1 saturated heterocycles. The molecule has 1 aliphatic heterocycles. The van der Waals surface area contributed by atoms with Crippen LogP contribution in [-0.2, 0) is 20.5 Å². The Morgan fingerprint density at radius 3 is 2.54 bits per heavy atom. The number of unbranched alkanes of at least 4 members (excludes halogenated alkanes) is 1. The van der Waals surface area contributed by atoms with E-state index < -0.39 is 25.1 Å². The van der Waals surface area contributed by atoms with Gasteiger partial charge in [-0.15, -0.1) is 13.2 Å². The molecule has 1 heterocycles. The van der Waals surface area contributed by atoms with Gasteiger partial charge in [0, 0.05) is 12.4 Å². The maximum absolute atomic E-state index is 12.7. The Morgan fingerprint density at radius 2 is 1.92 bits per heavy atom. The predicted octanol–water partition coefficient (Wildman–Crippen LogP) is 3.80. The van der Waals surface area contributed by atoms with Crippen molar-refractivity contribution in [1.82, 2.24) is 5.32 Å². The molecule has 3 aliphatic carbocycles.